The first-order valence-electron chi connectivity index (χ1n) is 7.37. The second-order valence-corrected chi connectivity index (χ2v) is 5.22. The number of aromatic nitrogens is 2. The van der Waals surface area contributed by atoms with E-state index in [0.717, 1.165) is 36.9 Å². The molecule has 0 atom stereocenters. The van der Waals surface area contributed by atoms with E-state index in [4.69, 9.17) is 9.84 Å². The van der Waals surface area contributed by atoms with Gasteiger partial charge in [-0.3, -0.25) is 0 Å². The van der Waals surface area contributed by atoms with Gasteiger partial charge in [-0.05, 0) is 29.7 Å². The molecule has 2 N–H and O–H groups in total. The Morgan fingerprint density at radius 3 is 3.00 bits per heavy atom. The lowest BCUT2D eigenvalue weighted by Gasteiger charge is -2.30. The SMILES string of the molecule is COc1ccc2c(c1)CCN(c1cc(NCCO)ncn1)C2. The minimum Gasteiger partial charge on any atom is -0.497 e. The number of anilines is 2. The molecule has 0 bridgehead atoms. The first-order valence-corrected chi connectivity index (χ1v) is 7.37. The Morgan fingerprint density at radius 2 is 2.18 bits per heavy atom. The fourth-order valence-electron chi connectivity index (χ4n) is 2.65. The maximum atomic E-state index is 8.87. The molecule has 1 aromatic carbocycles. The summed E-state index contributed by atoms with van der Waals surface area (Å²) in [4.78, 5) is 10.8. The Kier molecular flexibility index (Phi) is 4.39. The minimum atomic E-state index is 0.0816. The van der Waals surface area contributed by atoms with E-state index < -0.39 is 0 Å². The molecule has 0 spiro atoms. The summed E-state index contributed by atoms with van der Waals surface area (Å²) in [6.45, 7) is 2.31. The van der Waals surface area contributed by atoms with E-state index >= 15 is 0 Å². The summed E-state index contributed by atoms with van der Waals surface area (Å²) in [6.07, 6.45) is 2.52. The number of aliphatic hydroxyl groups excluding tert-OH is 1. The third-order valence-corrected chi connectivity index (χ3v) is 3.82. The lowest BCUT2D eigenvalue weighted by molar-refractivity contribution is 0.311. The van der Waals surface area contributed by atoms with Gasteiger partial charge < -0.3 is 20.1 Å². The van der Waals surface area contributed by atoms with Crippen LogP contribution in [0, 0.1) is 0 Å². The Labute approximate surface area is 129 Å². The summed E-state index contributed by atoms with van der Waals surface area (Å²) in [7, 11) is 1.69. The maximum absolute atomic E-state index is 8.87. The summed E-state index contributed by atoms with van der Waals surface area (Å²) in [5, 5.41) is 11.9. The van der Waals surface area contributed by atoms with Crippen LogP contribution in [0.5, 0.6) is 5.75 Å². The molecule has 6 heteroatoms. The van der Waals surface area contributed by atoms with Crippen LogP contribution in [0.2, 0.25) is 0 Å². The van der Waals surface area contributed by atoms with Crippen LogP contribution < -0.4 is 15.0 Å². The second-order valence-electron chi connectivity index (χ2n) is 5.22. The van der Waals surface area contributed by atoms with Crippen LogP contribution >= 0.6 is 0 Å². The van der Waals surface area contributed by atoms with Crippen molar-refractivity contribution in [1.82, 2.24) is 9.97 Å². The number of fused-ring (bicyclic) bond motifs is 1. The highest BCUT2D eigenvalue weighted by Gasteiger charge is 2.18. The van der Waals surface area contributed by atoms with Crippen molar-refractivity contribution in [2.24, 2.45) is 0 Å². The molecular weight excluding hydrogens is 280 g/mol. The molecule has 0 radical (unpaired) electrons. The van der Waals surface area contributed by atoms with Gasteiger partial charge >= 0.3 is 0 Å². The van der Waals surface area contributed by atoms with Gasteiger partial charge in [0.15, 0.2) is 0 Å². The maximum Gasteiger partial charge on any atom is 0.134 e. The number of methoxy groups -OCH3 is 1. The summed E-state index contributed by atoms with van der Waals surface area (Å²) < 4.78 is 5.28. The predicted molar refractivity (Wildman–Crippen MR) is 85.4 cm³/mol. The van der Waals surface area contributed by atoms with E-state index in [1.165, 1.54) is 11.1 Å². The zero-order chi connectivity index (χ0) is 15.4. The number of ether oxygens (including phenoxy) is 1. The third kappa shape index (κ3) is 3.12. The Bertz CT molecular complexity index is 648. The highest BCUT2D eigenvalue weighted by Crippen LogP contribution is 2.26. The third-order valence-electron chi connectivity index (χ3n) is 3.82. The van der Waals surface area contributed by atoms with E-state index in [2.05, 4.69) is 32.3 Å². The average molecular weight is 300 g/mol. The van der Waals surface area contributed by atoms with Gasteiger partial charge in [-0.25, -0.2) is 9.97 Å². The summed E-state index contributed by atoms with van der Waals surface area (Å²) in [5.74, 6) is 2.54. The molecular formula is C16H20N4O2. The molecule has 0 saturated carbocycles. The number of hydrogen-bond donors (Lipinski definition) is 2. The molecule has 0 fully saturated rings. The summed E-state index contributed by atoms with van der Waals surface area (Å²) in [6, 6.07) is 8.15. The van der Waals surface area contributed by atoms with Crippen LogP contribution in [0.4, 0.5) is 11.6 Å². The van der Waals surface area contributed by atoms with Crippen molar-refractivity contribution in [1.29, 1.82) is 0 Å². The van der Waals surface area contributed by atoms with Crippen LogP contribution in [0.25, 0.3) is 0 Å². The molecule has 0 aliphatic carbocycles. The lowest BCUT2D eigenvalue weighted by atomic mass is 9.99. The molecule has 3 rings (SSSR count). The Hall–Kier alpha value is -2.34. The highest BCUT2D eigenvalue weighted by molar-refractivity contribution is 5.51. The zero-order valence-electron chi connectivity index (χ0n) is 12.6. The largest absolute Gasteiger partial charge is 0.497 e. The van der Waals surface area contributed by atoms with Gasteiger partial charge in [0.1, 0.15) is 23.7 Å². The van der Waals surface area contributed by atoms with Crippen molar-refractivity contribution in [3.63, 3.8) is 0 Å². The molecule has 6 nitrogen and oxygen atoms in total. The number of rotatable bonds is 5. The van der Waals surface area contributed by atoms with E-state index in [-0.39, 0.29) is 6.61 Å². The molecule has 1 aliphatic heterocycles. The van der Waals surface area contributed by atoms with Crippen LogP contribution in [-0.2, 0) is 13.0 Å². The predicted octanol–water partition coefficient (Wildman–Crippen LogP) is 1.45. The number of benzene rings is 1. The average Bonchev–Trinajstić information content (AvgIpc) is 2.59. The smallest absolute Gasteiger partial charge is 0.134 e. The fraction of sp³-hybridized carbons (Fsp3) is 0.375. The molecule has 1 aromatic heterocycles. The van der Waals surface area contributed by atoms with E-state index in [1.54, 1.807) is 13.4 Å². The van der Waals surface area contributed by atoms with Crippen molar-refractivity contribution >= 4 is 11.6 Å². The highest BCUT2D eigenvalue weighted by atomic mass is 16.5. The van der Waals surface area contributed by atoms with Crippen molar-refractivity contribution in [2.75, 3.05) is 37.0 Å². The Balaban J connectivity index is 1.76. The van der Waals surface area contributed by atoms with Gasteiger partial charge in [-0.2, -0.15) is 0 Å². The first kappa shape index (κ1) is 14.6. The first-order chi connectivity index (χ1) is 10.8. The molecule has 2 heterocycles. The van der Waals surface area contributed by atoms with Crippen molar-refractivity contribution in [2.45, 2.75) is 13.0 Å². The van der Waals surface area contributed by atoms with Gasteiger partial charge in [-0.15, -0.1) is 0 Å². The minimum absolute atomic E-state index is 0.0816. The molecule has 2 aromatic rings. The van der Waals surface area contributed by atoms with Crippen LogP contribution in [0.15, 0.2) is 30.6 Å². The fourth-order valence-corrected chi connectivity index (χ4v) is 2.65. The second kappa shape index (κ2) is 6.62. The molecule has 0 amide bonds. The number of aliphatic hydroxyl groups is 1. The van der Waals surface area contributed by atoms with E-state index in [9.17, 15) is 0 Å². The molecule has 0 unspecified atom stereocenters. The topological polar surface area (TPSA) is 70.5 Å². The van der Waals surface area contributed by atoms with Crippen molar-refractivity contribution in [3.05, 3.63) is 41.7 Å². The van der Waals surface area contributed by atoms with Crippen LogP contribution in [0.3, 0.4) is 0 Å². The summed E-state index contributed by atoms with van der Waals surface area (Å²) >= 11 is 0. The van der Waals surface area contributed by atoms with E-state index in [0.29, 0.717) is 6.54 Å². The van der Waals surface area contributed by atoms with Gasteiger partial charge in [0, 0.05) is 25.7 Å². The Morgan fingerprint density at radius 1 is 1.27 bits per heavy atom. The number of nitrogens with one attached hydrogen (secondary N) is 1. The zero-order valence-corrected chi connectivity index (χ0v) is 12.6. The molecule has 116 valence electrons. The standard InChI is InChI=1S/C16H20N4O2/c1-22-14-3-2-13-10-20(6-4-12(13)8-14)16-9-15(17-5-7-21)18-11-19-16/h2-3,8-9,11,21H,4-7,10H2,1H3,(H,17,18,19). The monoisotopic (exact) mass is 300 g/mol. The van der Waals surface area contributed by atoms with Gasteiger partial charge in [-0.1, -0.05) is 6.07 Å². The number of hydrogen-bond acceptors (Lipinski definition) is 6. The molecule has 0 saturated heterocycles. The molecule has 1 aliphatic rings. The van der Waals surface area contributed by atoms with Gasteiger partial charge in [0.25, 0.3) is 0 Å². The lowest BCUT2D eigenvalue weighted by Crippen LogP contribution is -2.31. The van der Waals surface area contributed by atoms with Gasteiger partial charge in [0.2, 0.25) is 0 Å². The van der Waals surface area contributed by atoms with Crippen molar-refractivity contribution < 1.29 is 9.84 Å². The number of nitrogens with zero attached hydrogens (tertiary/aromatic N) is 3. The van der Waals surface area contributed by atoms with Crippen molar-refractivity contribution in [3.8, 4) is 5.75 Å². The summed E-state index contributed by atoms with van der Waals surface area (Å²) in [5.41, 5.74) is 2.64. The van der Waals surface area contributed by atoms with Crippen LogP contribution in [-0.4, -0.2) is 41.9 Å². The van der Waals surface area contributed by atoms with Crippen LogP contribution in [0.1, 0.15) is 11.1 Å². The van der Waals surface area contributed by atoms with E-state index in [1.807, 2.05) is 12.1 Å². The molecule has 22 heavy (non-hydrogen) atoms. The normalized spacial score (nSPS) is 13.6. The quantitative estimate of drug-likeness (QED) is 0.871. The van der Waals surface area contributed by atoms with Gasteiger partial charge in [0.05, 0.1) is 13.7 Å².